The Morgan fingerprint density at radius 1 is 0.731 bits per heavy atom. The van der Waals surface area contributed by atoms with Crippen LogP contribution in [0.15, 0.2) is 24.3 Å². The zero-order valence-corrected chi connectivity index (χ0v) is 17.8. The molecule has 132 valence electrons. The van der Waals surface area contributed by atoms with Crippen LogP contribution in [0.2, 0.25) is 0 Å². The first-order chi connectivity index (χ1) is 12.2. The van der Waals surface area contributed by atoms with Crippen LogP contribution in [0.3, 0.4) is 0 Å². The number of esters is 2. The molecule has 6 nitrogen and oxygen atoms in total. The molecule has 0 fully saturated rings. The van der Waals surface area contributed by atoms with Gasteiger partial charge in [0.1, 0.15) is 0 Å². The van der Waals surface area contributed by atoms with Crippen LogP contribution in [0.25, 0.3) is 0 Å². The highest BCUT2D eigenvalue weighted by Gasteiger charge is 2.37. The first kappa shape index (κ1) is 19.0. The molecule has 0 heterocycles. The van der Waals surface area contributed by atoms with Crippen LogP contribution in [-0.4, -0.2) is 23.5 Å². The molecule has 2 aromatic rings. The maximum atomic E-state index is 13.1. The van der Waals surface area contributed by atoms with E-state index < -0.39 is 23.5 Å². The molecule has 0 N–H and O–H groups in total. The zero-order chi connectivity index (χ0) is 19.2. The van der Waals surface area contributed by atoms with Gasteiger partial charge < -0.3 is 9.47 Å². The molecule has 0 saturated heterocycles. The number of ether oxygens (including phenoxy) is 2. The highest BCUT2D eigenvalue weighted by atomic mass is 127. The molecule has 0 spiro atoms. The van der Waals surface area contributed by atoms with Gasteiger partial charge in [0.25, 0.3) is 0 Å². The summed E-state index contributed by atoms with van der Waals surface area (Å²) in [7, 11) is 0. The molecule has 8 heteroatoms. The fraction of sp³-hybridized carbons (Fsp3) is 0.111. The Morgan fingerprint density at radius 2 is 1.08 bits per heavy atom. The molecule has 0 unspecified atom stereocenters. The molecule has 0 aromatic heterocycles. The van der Waals surface area contributed by atoms with Crippen LogP contribution in [-0.2, 0) is 9.59 Å². The van der Waals surface area contributed by atoms with Crippen molar-refractivity contribution in [1.29, 1.82) is 0 Å². The third-order valence-electron chi connectivity index (χ3n) is 3.65. The Kier molecular flexibility index (Phi) is 5.15. The highest BCUT2D eigenvalue weighted by Crippen LogP contribution is 2.40. The molecular weight excluding hydrogens is 566 g/mol. The summed E-state index contributed by atoms with van der Waals surface area (Å²) in [6, 6.07) is 6.19. The van der Waals surface area contributed by atoms with Crippen LogP contribution >= 0.6 is 45.2 Å². The molecule has 0 aliphatic heterocycles. The first-order valence-electron chi connectivity index (χ1n) is 7.33. The van der Waals surface area contributed by atoms with Crippen molar-refractivity contribution in [3.63, 3.8) is 0 Å². The number of fused-ring (bicyclic) bond motifs is 2. The van der Waals surface area contributed by atoms with Gasteiger partial charge in [0.05, 0.1) is 18.3 Å². The number of hydrogen-bond acceptors (Lipinski definition) is 6. The van der Waals surface area contributed by atoms with Gasteiger partial charge in [-0.15, -0.1) is 0 Å². The van der Waals surface area contributed by atoms with Gasteiger partial charge in [0.15, 0.2) is 23.1 Å². The Hall–Kier alpha value is -1.82. The fourth-order valence-electron chi connectivity index (χ4n) is 2.70. The van der Waals surface area contributed by atoms with Crippen molar-refractivity contribution in [2.75, 3.05) is 0 Å². The molecule has 0 bridgehead atoms. The van der Waals surface area contributed by atoms with Crippen molar-refractivity contribution in [3.05, 3.63) is 53.7 Å². The summed E-state index contributed by atoms with van der Waals surface area (Å²) < 4.78 is 11.4. The molecule has 1 aliphatic carbocycles. The normalized spacial score (nSPS) is 12.3. The minimum atomic E-state index is -0.592. The topological polar surface area (TPSA) is 86.7 Å². The Morgan fingerprint density at radius 3 is 1.38 bits per heavy atom. The van der Waals surface area contributed by atoms with Crippen LogP contribution in [0.5, 0.6) is 11.5 Å². The van der Waals surface area contributed by atoms with Crippen LogP contribution in [0, 0.1) is 7.14 Å². The average molecular weight is 576 g/mol. The molecule has 2 aromatic carbocycles. The summed E-state index contributed by atoms with van der Waals surface area (Å²) in [5.41, 5.74) is 0.295. The summed E-state index contributed by atoms with van der Waals surface area (Å²) in [5.74, 6) is -1.99. The van der Waals surface area contributed by atoms with E-state index in [1.807, 2.05) is 45.2 Å². The highest BCUT2D eigenvalue weighted by molar-refractivity contribution is 14.1. The SMILES string of the molecule is CC(=O)Oc1c(I)ccc2c1C(=O)c1ccc(I)c(OC(C)=O)c1C2=O. The van der Waals surface area contributed by atoms with E-state index in [2.05, 4.69) is 0 Å². The Labute approximate surface area is 175 Å². The number of benzene rings is 2. The van der Waals surface area contributed by atoms with Crippen LogP contribution < -0.4 is 9.47 Å². The fourth-order valence-corrected chi connectivity index (χ4v) is 3.82. The minimum Gasteiger partial charge on any atom is -0.425 e. The maximum absolute atomic E-state index is 13.1. The van der Waals surface area contributed by atoms with Gasteiger partial charge in [-0.3, -0.25) is 19.2 Å². The van der Waals surface area contributed by atoms with Crippen molar-refractivity contribution in [2.24, 2.45) is 0 Å². The van der Waals surface area contributed by atoms with E-state index in [1.165, 1.54) is 26.0 Å². The molecule has 26 heavy (non-hydrogen) atoms. The largest absolute Gasteiger partial charge is 0.425 e. The van der Waals surface area contributed by atoms with Gasteiger partial charge in [-0.1, -0.05) is 0 Å². The van der Waals surface area contributed by atoms with Gasteiger partial charge in [-0.2, -0.15) is 0 Å². The van der Waals surface area contributed by atoms with Gasteiger partial charge in [0, 0.05) is 25.0 Å². The number of ketones is 2. The van der Waals surface area contributed by atoms with E-state index in [1.54, 1.807) is 12.1 Å². The van der Waals surface area contributed by atoms with Crippen molar-refractivity contribution in [1.82, 2.24) is 0 Å². The van der Waals surface area contributed by atoms with E-state index in [0.29, 0.717) is 7.14 Å². The minimum absolute atomic E-state index is 0.0413. The summed E-state index contributed by atoms with van der Waals surface area (Å²) in [6.45, 7) is 2.44. The Balaban J connectivity index is 2.30. The van der Waals surface area contributed by atoms with E-state index >= 15 is 0 Å². The molecule has 0 amide bonds. The molecule has 0 atom stereocenters. The number of rotatable bonds is 2. The maximum Gasteiger partial charge on any atom is 0.308 e. The van der Waals surface area contributed by atoms with Crippen LogP contribution in [0.4, 0.5) is 0 Å². The van der Waals surface area contributed by atoms with Gasteiger partial charge in [0.2, 0.25) is 0 Å². The monoisotopic (exact) mass is 576 g/mol. The second-order valence-electron chi connectivity index (χ2n) is 5.44. The average Bonchev–Trinajstić information content (AvgIpc) is 2.55. The van der Waals surface area contributed by atoms with Crippen molar-refractivity contribution >= 4 is 68.7 Å². The number of halogens is 2. The van der Waals surface area contributed by atoms with Crippen molar-refractivity contribution in [2.45, 2.75) is 13.8 Å². The summed E-state index contributed by atoms with van der Waals surface area (Å²) in [6.07, 6.45) is 0. The summed E-state index contributed by atoms with van der Waals surface area (Å²) in [4.78, 5) is 49.0. The standard InChI is InChI=1S/C18H10I2O6/c1-7(21)25-17-11(19)5-3-9-13(17)15(23)10-4-6-12(20)18(26-8(2)22)14(10)16(9)24/h3-6H,1-2H3. The van der Waals surface area contributed by atoms with Gasteiger partial charge in [-0.25, -0.2) is 0 Å². The lowest BCUT2D eigenvalue weighted by molar-refractivity contribution is -0.132. The molecule has 1 aliphatic rings. The molecular formula is C18H10I2O6. The molecule has 0 radical (unpaired) electrons. The summed E-state index contributed by atoms with van der Waals surface area (Å²) in [5, 5.41) is 0. The lowest BCUT2D eigenvalue weighted by Gasteiger charge is -2.22. The van der Waals surface area contributed by atoms with Crippen molar-refractivity contribution < 1.29 is 28.7 Å². The Bertz CT molecular complexity index is 928. The number of carbonyl (C=O) groups is 4. The smallest absolute Gasteiger partial charge is 0.308 e. The quantitative estimate of drug-likeness (QED) is 0.264. The van der Waals surface area contributed by atoms with Crippen LogP contribution in [0.1, 0.15) is 45.7 Å². The van der Waals surface area contributed by atoms with Gasteiger partial charge in [-0.05, 0) is 69.4 Å². The third-order valence-corrected chi connectivity index (χ3v) is 5.35. The predicted octanol–water partition coefficient (Wildman–Crippen LogP) is 3.52. The lowest BCUT2D eigenvalue weighted by atomic mass is 9.83. The third kappa shape index (κ3) is 3.15. The molecule has 3 rings (SSSR count). The zero-order valence-electron chi connectivity index (χ0n) is 13.5. The molecule has 0 saturated carbocycles. The van der Waals surface area contributed by atoms with E-state index in [9.17, 15) is 19.2 Å². The lowest BCUT2D eigenvalue weighted by Crippen LogP contribution is -2.24. The summed E-state index contributed by atoms with van der Waals surface area (Å²) >= 11 is 3.87. The van der Waals surface area contributed by atoms with Gasteiger partial charge >= 0.3 is 11.9 Å². The second-order valence-corrected chi connectivity index (χ2v) is 7.77. The number of hydrogen-bond donors (Lipinski definition) is 0. The van der Waals surface area contributed by atoms with Crippen molar-refractivity contribution in [3.8, 4) is 11.5 Å². The predicted molar refractivity (Wildman–Crippen MR) is 108 cm³/mol. The first-order valence-corrected chi connectivity index (χ1v) is 9.49. The van der Waals surface area contributed by atoms with E-state index in [4.69, 9.17) is 9.47 Å². The second kappa shape index (κ2) is 7.06. The van der Waals surface area contributed by atoms with E-state index in [-0.39, 0.29) is 33.8 Å². The van der Waals surface area contributed by atoms with E-state index in [0.717, 1.165) is 0 Å². The number of carbonyl (C=O) groups excluding carboxylic acids is 4.